The molecule has 176 valence electrons. The van der Waals surface area contributed by atoms with E-state index in [9.17, 15) is 4.79 Å². The van der Waals surface area contributed by atoms with E-state index in [-0.39, 0.29) is 5.91 Å². The maximum Gasteiger partial charge on any atom is 0.251 e. The molecular weight excluding hydrogens is 438 g/mol. The highest BCUT2D eigenvalue weighted by molar-refractivity contribution is 5.94. The second-order valence-corrected chi connectivity index (χ2v) is 8.60. The molecule has 0 fully saturated rings. The van der Waals surface area contributed by atoms with E-state index in [1.165, 1.54) is 5.56 Å². The summed E-state index contributed by atoms with van der Waals surface area (Å²) in [4.78, 5) is 17.5. The van der Waals surface area contributed by atoms with Crippen molar-refractivity contribution in [3.05, 3.63) is 113 Å². The van der Waals surface area contributed by atoms with Crippen LogP contribution in [0.25, 0.3) is 11.3 Å². The minimum atomic E-state index is -0.162. The molecule has 7 nitrogen and oxygen atoms in total. The molecule has 0 radical (unpaired) electrons. The zero-order chi connectivity index (χ0) is 24.4. The van der Waals surface area contributed by atoms with Gasteiger partial charge in [-0.25, -0.2) is 9.67 Å². The predicted molar refractivity (Wildman–Crippen MR) is 135 cm³/mol. The first-order valence-corrected chi connectivity index (χ1v) is 11.5. The first-order chi connectivity index (χ1) is 17.0. The molecular formula is C28H27N5O2. The summed E-state index contributed by atoms with van der Waals surface area (Å²) in [6, 6.07) is 21.2. The molecule has 0 aliphatic heterocycles. The third-order valence-corrected chi connectivity index (χ3v) is 6.00. The van der Waals surface area contributed by atoms with Gasteiger partial charge in [-0.3, -0.25) is 4.79 Å². The van der Waals surface area contributed by atoms with E-state index in [0.717, 1.165) is 34.0 Å². The lowest BCUT2D eigenvalue weighted by molar-refractivity contribution is 0.0950. The van der Waals surface area contributed by atoms with Crippen molar-refractivity contribution < 1.29 is 9.53 Å². The van der Waals surface area contributed by atoms with E-state index in [1.54, 1.807) is 12.1 Å². The molecule has 35 heavy (non-hydrogen) atoms. The lowest BCUT2D eigenvalue weighted by atomic mass is 10.1. The van der Waals surface area contributed by atoms with E-state index in [4.69, 9.17) is 4.74 Å². The van der Waals surface area contributed by atoms with E-state index in [2.05, 4.69) is 15.4 Å². The monoisotopic (exact) mass is 465 g/mol. The number of ether oxygens (including phenoxy) is 1. The van der Waals surface area contributed by atoms with Crippen molar-refractivity contribution in [3.8, 4) is 11.4 Å². The maximum atomic E-state index is 12.9. The Labute approximate surface area is 204 Å². The lowest BCUT2D eigenvalue weighted by Crippen LogP contribution is -2.23. The highest BCUT2D eigenvalue weighted by Crippen LogP contribution is 2.19. The van der Waals surface area contributed by atoms with Gasteiger partial charge in [0.15, 0.2) is 0 Å². The summed E-state index contributed by atoms with van der Waals surface area (Å²) in [6.07, 6.45) is 3.99. The molecule has 7 heteroatoms. The topological polar surface area (TPSA) is 73.4 Å². The number of fused-ring (bicyclic) bond motifs is 1. The van der Waals surface area contributed by atoms with E-state index in [0.29, 0.717) is 24.5 Å². The van der Waals surface area contributed by atoms with Crippen LogP contribution in [0.4, 0.5) is 0 Å². The number of hydrogen-bond acceptors (Lipinski definition) is 4. The van der Waals surface area contributed by atoms with Crippen molar-refractivity contribution >= 4 is 11.6 Å². The Morgan fingerprint density at radius 2 is 1.80 bits per heavy atom. The first-order valence-electron chi connectivity index (χ1n) is 11.5. The second kappa shape index (κ2) is 9.46. The van der Waals surface area contributed by atoms with Crippen molar-refractivity contribution in [1.82, 2.24) is 24.5 Å². The minimum Gasteiger partial charge on any atom is -0.487 e. The number of pyridine rings is 1. The summed E-state index contributed by atoms with van der Waals surface area (Å²) in [5.41, 5.74) is 7.32. The third-order valence-electron chi connectivity index (χ3n) is 6.00. The normalized spacial score (nSPS) is 11.1. The number of imidazole rings is 1. The molecule has 0 spiro atoms. The largest absolute Gasteiger partial charge is 0.487 e. The van der Waals surface area contributed by atoms with Crippen LogP contribution in [0.3, 0.4) is 0 Å². The summed E-state index contributed by atoms with van der Waals surface area (Å²) in [5, 5.41) is 7.68. The molecule has 5 rings (SSSR count). The van der Waals surface area contributed by atoms with E-state index in [1.807, 2.05) is 96.8 Å². The van der Waals surface area contributed by atoms with Gasteiger partial charge in [-0.1, -0.05) is 30.3 Å². The second-order valence-electron chi connectivity index (χ2n) is 8.60. The zero-order valence-corrected chi connectivity index (χ0v) is 20.0. The number of aromatic nitrogens is 4. The summed E-state index contributed by atoms with van der Waals surface area (Å²) in [5.74, 6) is 0.458. The van der Waals surface area contributed by atoms with Crippen LogP contribution in [-0.4, -0.2) is 25.1 Å². The van der Waals surface area contributed by atoms with Crippen molar-refractivity contribution in [3.63, 3.8) is 0 Å². The predicted octanol–water partition coefficient (Wildman–Crippen LogP) is 4.95. The number of benzene rings is 2. The molecule has 0 saturated heterocycles. The van der Waals surface area contributed by atoms with Crippen LogP contribution in [0.1, 0.15) is 38.6 Å². The molecule has 0 aliphatic carbocycles. The Balaban J connectivity index is 1.24. The van der Waals surface area contributed by atoms with Gasteiger partial charge in [-0.2, -0.15) is 5.10 Å². The molecule has 3 heterocycles. The lowest BCUT2D eigenvalue weighted by Gasteiger charge is -2.09. The molecule has 3 aromatic heterocycles. The molecule has 5 aromatic rings. The highest BCUT2D eigenvalue weighted by Gasteiger charge is 2.15. The van der Waals surface area contributed by atoms with Gasteiger partial charge >= 0.3 is 0 Å². The fourth-order valence-electron chi connectivity index (χ4n) is 4.13. The molecule has 0 atom stereocenters. The molecule has 2 aromatic carbocycles. The molecule has 0 aliphatic rings. The smallest absolute Gasteiger partial charge is 0.251 e. The average molecular weight is 466 g/mol. The Hall–Kier alpha value is -4.39. The zero-order valence-electron chi connectivity index (χ0n) is 20.0. The molecule has 1 amide bonds. The number of rotatable bonds is 7. The fraction of sp³-hybridized carbons (Fsp3) is 0.179. The van der Waals surface area contributed by atoms with Crippen LogP contribution in [0, 0.1) is 20.8 Å². The highest BCUT2D eigenvalue weighted by atomic mass is 16.5. The third kappa shape index (κ3) is 4.80. The van der Waals surface area contributed by atoms with Crippen LogP contribution in [-0.2, 0) is 13.2 Å². The van der Waals surface area contributed by atoms with Crippen LogP contribution in [0.15, 0.2) is 79.1 Å². The molecule has 0 unspecified atom stereocenters. The van der Waals surface area contributed by atoms with Gasteiger partial charge in [0.2, 0.25) is 0 Å². The number of hydrogen-bond donors (Lipinski definition) is 1. The average Bonchev–Trinajstić information content (AvgIpc) is 3.41. The number of para-hydroxylation sites is 1. The van der Waals surface area contributed by atoms with Crippen molar-refractivity contribution in [1.29, 1.82) is 0 Å². The fourth-order valence-corrected chi connectivity index (χ4v) is 4.13. The number of carbonyl (C=O) groups is 1. The van der Waals surface area contributed by atoms with Gasteiger partial charge in [-0.15, -0.1) is 0 Å². The SMILES string of the molecule is Cc1ccc2nc(COc3cccc(C(=O)NCc4c(C)nn(-c5ccccc5)c4C)c3)cn2c1. The first kappa shape index (κ1) is 22.4. The van der Waals surface area contributed by atoms with Gasteiger partial charge in [0, 0.05) is 35.8 Å². The summed E-state index contributed by atoms with van der Waals surface area (Å²) < 4.78 is 9.82. The molecule has 1 N–H and O–H groups in total. The Morgan fingerprint density at radius 3 is 2.63 bits per heavy atom. The number of nitrogens with zero attached hydrogens (tertiary/aromatic N) is 4. The van der Waals surface area contributed by atoms with Gasteiger partial charge in [0.1, 0.15) is 18.0 Å². The number of amides is 1. The Morgan fingerprint density at radius 1 is 0.971 bits per heavy atom. The summed E-state index contributed by atoms with van der Waals surface area (Å²) in [6.45, 7) is 6.74. The quantitative estimate of drug-likeness (QED) is 0.369. The number of nitrogens with one attached hydrogen (secondary N) is 1. The van der Waals surface area contributed by atoms with Gasteiger partial charge in [0.05, 0.1) is 17.1 Å². The molecule has 0 saturated carbocycles. The van der Waals surface area contributed by atoms with Crippen molar-refractivity contribution in [2.24, 2.45) is 0 Å². The number of carbonyl (C=O) groups excluding carboxylic acids is 1. The van der Waals surface area contributed by atoms with E-state index >= 15 is 0 Å². The Kier molecular flexibility index (Phi) is 6.06. The van der Waals surface area contributed by atoms with Crippen LogP contribution in [0.2, 0.25) is 0 Å². The minimum absolute atomic E-state index is 0.162. The number of aryl methyl sites for hydroxylation is 2. The van der Waals surface area contributed by atoms with Crippen LogP contribution < -0.4 is 10.1 Å². The van der Waals surface area contributed by atoms with Crippen molar-refractivity contribution in [2.75, 3.05) is 0 Å². The van der Waals surface area contributed by atoms with Crippen molar-refractivity contribution in [2.45, 2.75) is 33.9 Å². The Bertz CT molecular complexity index is 1500. The standard InChI is InChI=1S/C28H27N5O2/c1-19-12-13-27-30-23(17-32(27)16-19)18-35-25-11-7-8-22(14-25)28(34)29-15-26-20(2)31-33(21(26)3)24-9-5-4-6-10-24/h4-14,16-17H,15,18H2,1-3H3,(H,29,34). The summed E-state index contributed by atoms with van der Waals surface area (Å²) >= 11 is 0. The van der Waals surface area contributed by atoms with Gasteiger partial charge in [-0.05, 0) is 62.7 Å². The molecule has 0 bridgehead atoms. The van der Waals surface area contributed by atoms with Gasteiger partial charge in [0.25, 0.3) is 5.91 Å². The van der Waals surface area contributed by atoms with E-state index < -0.39 is 0 Å². The summed E-state index contributed by atoms with van der Waals surface area (Å²) in [7, 11) is 0. The maximum absolute atomic E-state index is 12.9. The van der Waals surface area contributed by atoms with Gasteiger partial charge < -0.3 is 14.5 Å². The van der Waals surface area contributed by atoms with Crippen LogP contribution >= 0.6 is 0 Å². The van der Waals surface area contributed by atoms with Crippen LogP contribution in [0.5, 0.6) is 5.75 Å².